The quantitative estimate of drug-likeness (QED) is 0.0393. The first kappa shape index (κ1) is 70.6. The number of nitrogens with zero attached hydrogens (tertiary/aromatic N) is 3. The van der Waals surface area contributed by atoms with E-state index in [-0.39, 0.29) is 49.9 Å². The van der Waals surface area contributed by atoms with Crippen molar-refractivity contribution in [1.29, 1.82) is 0 Å². The molecule has 6 rings (SSSR count). The first-order chi connectivity index (χ1) is 41.7. The second kappa shape index (κ2) is 29.9. The summed E-state index contributed by atoms with van der Waals surface area (Å²) in [5.74, 6) is -6.12. The molecule has 0 aliphatic carbocycles. The molecule has 4 bridgehead atoms. The number of unbranched alkanes of at least 4 members (excludes halogenated alkanes) is 2. The van der Waals surface area contributed by atoms with Gasteiger partial charge in [-0.05, 0) is 101 Å². The van der Waals surface area contributed by atoms with Crippen LogP contribution in [0.3, 0.4) is 0 Å². The van der Waals surface area contributed by atoms with E-state index in [9.17, 15) is 61.5 Å². The van der Waals surface area contributed by atoms with Crippen LogP contribution in [0.1, 0.15) is 120 Å². The van der Waals surface area contributed by atoms with Crippen molar-refractivity contribution in [1.82, 2.24) is 31.1 Å². The number of allylic oxidation sites excluding steroid dienone is 3. The second-order valence-corrected chi connectivity index (χ2v) is 26.3. The molecule has 4 aliphatic rings. The lowest BCUT2D eigenvalue weighted by atomic mass is 9.83. The van der Waals surface area contributed by atoms with E-state index in [1.54, 1.807) is 52.8 Å². The molecule has 2 fully saturated rings. The Labute approximate surface area is 523 Å². The largest absolute Gasteiger partial charge is 0.457 e. The number of carbonyl (C=O) groups is 10. The number of ketones is 1. The summed E-state index contributed by atoms with van der Waals surface area (Å²) < 4.78 is 51.0. The van der Waals surface area contributed by atoms with Crippen molar-refractivity contribution >= 4 is 86.4 Å². The van der Waals surface area contributed by atoms with Crippen LogP contribution >= 0.6 is 11.6 Å². The predicted octanol–water partition coefficient (Wildman–Crippen LogP) is 4.20. The number of primary amides is 1. The third-order valence-electron chi connectivity index (χ3n) is 16.7. The molecule has 27 heteroatoms. The average Bonchev–Trinajstić information content (AvgIpc) is 1.60. The first-order valence-corrected chi connectivity index (χ1v) is 31.8. The van der Waals surface area contributed by atoms with Gasteiger partial charge < -0.3 is 55.5 Å². The standard InChI is InChI=1S/C62H83ClN8O17S/c1-34(2)54(67-49(73)20-13-12-14-26-71-50(74)23-24-51(71)75)56(77)66-42(18-16-25-65-59(64)80)44(72)30-40-21-22-41(31-46(40)89(11,83)84)57(78)69(8)38(6)58(79)87-48-32-52(76)70(9)43-29-39(28-36(4)53(43)63)27-35(3)17-15-19-47(85-10)62(82)33-45(86-60(81)68-62)37(5)55-61(48,7)88-55/h15,17,19,21-24,28-29,31,34,37-38,42,45,47-48,54-55,82H,12-14,16,18,20,25-27,30,32-33H2,1-11H3,(H,66,77)(H,67,73)(H,68,81)(H3,64,65,80)/b19-15+,35-17+/t37-,38+,42+,45+,47-,48+,54+,55+,61+,62+/m1/s1. The molecule has 0 radical (unpaired) electrons. The number of methoxy groups -OCH3 is 1. The zero-order valence-corrected chi connectivity index (χ0v) is 53.7. The van der Waals surface area contributed by atoms with Gasteiger partial charge in [-0.15, -0.1) is 0 Å². The van der Waals surface area contributed by atoms with Gasteiger partial charge in [0.2, 0.25) is 17.7 Å². The highest BCUT2D eigenvalue weighted by atomic mass is 35.5. The number of alkyl carbamates (subject to hydrolysis) is 1. The summed E-state index contributed by atoms with van der Waals surface area (Å²) in [6, 6.07) is 2.68. The molecule has 9 amide bonds. The van der Waals surface area contributed by atoms with Crippen LogP contribution in [0.2, 0.25) is 5.02 Å². The Balaban J connectivity index is 1.20. The third kappa shape index (κ3) is 17.9. The Morgan fingerprint density at radius 2 is 1.67 bits per heavy atom. The molecule has 4 aliphatic heterocycles. The number of ether oxygens (including phenoxy) is 4. The Morgan fingerprint density at radius 1 is 0.989 bits per heavy atom. The highest BCUT2D eigenvalue weighted by Crippen LogP contribution is 2.49. The minimum absolute atomic E-state index is 0.0171. The number of urea groups is 1. The van der Waals surface area contributed by atoms with Crippen molar-refractivity contribution in [3.05, 3.63) is 93.6 Å². The van der Waals surface area contributed by atoms with Gasteiger partial charge in [-0.2, -0.15) is 0 Å². The van der Waals surface area contributed by atoms with E-state index in [2.05, 4.69) is 21.3 Å². The number of hydrogen-bond donors (Lipinski definition) is 6. The molecule has 10 atom stereocenters. The minimum Gasteiger partial charge on any atom is -0.457 e. The third-order valence-corrected chi connectivity index (χ3v) is 18.3. The van der Waals surface area contributed by atoms with Gasteiger partial charge in [0.25, 0.3) is 17.7 Å². The number of nitrogens with two attached hydrogens (primary N) is 1. The fraction of sp³-hybridized carbons (Fsp3) is 0.548. The number of halogens is 1. The maximum Gasteiger partial charge on any atom is 0.409 e. The van der Waals surface area contributed by atoms with E-state index in [1.807, 2.05) is 19.1 Å². The van der Waals surface area contributed by atoms with Crippen molar-refractivity contribution in [3.63, 3.8) is 0 Å². The molecule has 0 spiro atoms. The van der Waals surface area contributed by atoms with Gasteiger partial charge in [-0.3, -0.25) is 43.8 Å². The normalized spacial score (nSPS) is 24.9. The molecule has 2 aromatic carbocycles. The van der Waals surface area contributed by atoms with Crippen LogP contribution in [0.5, 0.6) is 0 Å². The van der Waals surface area contributed by atoms with Crippen LogP contribution in [0, 0.1) is 18.8 Å². The highest BCUT2D eigenvalue weighted by Gasteiger charge is 2.64. The monoisotopic (exact) mass is 1280 g/mol. The number of anilines is 1. The van der Waals surface area contributed by atoms with Gasteiger partial charge in [0.15, 0.2) is 21.3 Å². The van der Waals surface area contributed by atoms with Gasteiger partial charge in [-0.1, -0.05) is 74.7 Å². The average molecular weight is 1280 g/mol. The number of sulfone groups is 1. The van der Waals surface area contributed by atoms with Gasteiger partial charge in [0.05, 0.1) is 34.2 Å². The van der Waals surface area contributed by atoms with Crippen LogP contribution in [0.15, 0.2) is 71.2 Å². The fourth-order valence-electron chi connectivity index (χ4n) is 11.2. The van der Waals surface area contributed by atoms with Crippen LogP contribution < -0.4 is 31.9 Å². The first-order valence-electron chi connectivity index (χ1n) is 29.5. The van der Waals surface area contributed by atoms with E-state index in [1.165, 1.54) is 57.3 Å². The number of Topliss-reactive ketones (excluding diaryl/α,β-unsaturated/α-hetero) is 1. The summed E-state index contributed by atoms with van der Waals surface area (Å²) in [4.78, 5) is 136. The van der Waals surface area contributed by atoms with E-state index < -0.39 is 153 Å². The summed E-state index contributed by atoms with van der Waals surface area (Å²) in [7, 11) is 0.00335. The zero-order valence-electron chi connectivity index (χ0n) is 52.1. The van der Waals surface area contributed by atoms with Crippen LogP contribution in [-0.4, -0.2) is 177 Å². The summed E-state index contributed by atoms with van der Waals surface area (Å²) >= 11 is 6.86. The molecule has 25 nitrogen and oxygen atoms in total. The fourth-order valence-corrected chi connectivity index (χ4v) is 12.4. The number of aliphatic hydroxyl groups is 1. The summed E-state index contributed by atoms with van der Waals surface area (Å²) in [5, 5.41) is 22.6. The van der Waals surface area contributed by atoms with Crippen LogP contribution in [0.25, 0.3) is 0 Å². The minimum atomic E-state index is -4.21. The number of fused-ring (bicyclic) bond motifs is 5. The molecule has 2 aromatic rings. The zero-order chi connectivity index (χ0) is 66.0. The summed E-state index contributed by atoms with van der Waals surface area (Å²) in [6.07, 6.45) is 4.04. The highest BCUT2D eigenvalue weighted by molar-refractivity contribution is 7.90. The predicted molar refractivity (Wildman–Crippen MR) is 327 cm³/mol. The molecule has 0 saturated carbocycles. The van der Waals surface area contributed by atoms with E-state index in [4.69, 9.17) is 36.3 Å². The van der Waals surface area contributed by atoms with Crippen LogP contribution in [-0.2, 0) is 75.2 Å². The number of epoxide rings is 1. The molecular weight excluding hydrogens is 1200 g/mol. The molecular formula is C62H83ClN8O17S. The number of amides is 9. The number of likely N-dealkylation sites (N-methyl/N-ethyl adjacent to an activating group) is 1. The number of carbonyl (C=O) groups excluding carboxylic acids is 10. The van der Waals surface area contributed by atoms with Crippen LogP contribution in [0.4, 0.5) is 15.3 Å². The van der Waals surface area contributed by atoms with Gasteiger partial charge in [-0.25, -0.2) is 22.8 Å². The second-order valence-electron chi connectivity index (χ2n) is 23.9. The van der Waals surface area contributed by atoms with E-state index in [0.717, 1.165) is 33.3 Å². The number of nitrogens with one attached hydrogen (secondary N) is 4. The maximum absolute atomic E-state index is 14.5. The molecule has 7 N–H and O–H groups in total. The number of rotatable bonds is 23. The molecule has 89 heavy (non-hydrogen) atoms. The lowest BCUT2D eigenvalue weighted by Gasteiger charge is -2.42. The summed E-state index contributed by atoms with van der Waals surface area (Å²) in [5.41, 5.74) is 4.46. The van der Waals surface area contributed by atoms with Gasteiger partial charge in [0, 0.05) is 83.4 Å². The number of hydrogen-bond acceptors (Lipinski definition) is 17. The van der Waals surface area contributed by atoms with Gasteiger partial charge in [0.1, 0.15) is 36.0 Å². The van der Waals surface area contributed by atoms with E-state index >= 15 is 0 Å². The summed E-state index contributed by atoms with van der Waals surface area (Å²) in [6.45, 7) is 12.0. The van der Waals surface area contributed by atoms with Gasteiger partial charge >= 0.3 is 18.1 Å². The van der Waals surface area contributed by atoms with Crippen molar-refractivity contribution in [2.24, 2.45) is 17.6 Å². The molecule has 2 saturated heterocycles. The Hall–Kier alpha value is -7.52. The molecule has 4 heterocycles. The maximum atomic E-state index is 14.5. The lowest BCUT2D eigenvalue weighted by Crippen LogP contribution is -2.63. The SMILES string of the molecule is CO[C@@H]1/C=C/C=C(\C)Cc2cc(C)c(Cl)c(c2)N(C)C(=O)C[C@H](OC(=O)[C@H](C)N(C)C(=O)c2ccc(CC(=O)[C@H](CCCNC(N)=O)NC(=O)[C@@H](NC(=O)CCCCCN3C(=O)C=CC3=O)C(C)C)c(S(C)(=O)=O)c2)[C@]2(C)O[C@H]2[C@H](C)[C@@H]2C[C@@]1(O)NC(=O)O2. The Kier molecular flexibility index (Phi) is 23.7. The molecule has 0 aromatic heterocycles. The molecule has 0 unspecified atom stereocenters. The Morgan fingerprint density at radius 3 is 2.31 bits per heavy atom. The number of imide groups is 1. The van der Waals surface area contributed by atoms with Crippen molar-refractivity contribution in [3.8, 4) is 0 Å². The van der Waals surface area contributed by atoms with E-state index in [0.29, 0.717) is 42.0 Å². The number of aryl methyl sites for hydroxylation is 1. The van der Waals surface area contributed by atoms with Crippen molar-refractivity contribution < 1.29 is 80.4 Å². The molecule has 486 valence electrons. The lowest BCUT2D eigenvalue weighted by molar-refractivity contribution is -0.158. The smallest absolute Gasteiger partial charge is 0.409 e. The Bertz CT molecular complexity index is 3280. The van der Waals surface area contributed by atoms with Crippen molar-refractivity contribution in [2.45, 2.75) is 171 Å². The topological polar surface area (TPSA) is 349 Å². The number of esters is 1. The van der Waals surface area contributed by atoms with Crippen molar-refractivity contribution in [2.75, 3.05) is 45.5 Å². The number of benzene rings is 2.